The predicted molar refractivity (Wildman–Crippen MR) is 73.1 cm³/mol. The molecule has 0 spiro atoms. The van der Waals surface area contributed by atoms with Gasteiger partial charge in [-0.2, -0.15) is 0 Å². The molecule has 0 unspecified atom stereocenters. The molecular formula is C13H17NO10. The van der Waals surface area contributed by atoms with E-state index < -0.39 is 74.0 Å². The lowest BCUT2D eigenvalue weighted by atomic mass is 10.2. The van der Waals surface area contributed by atoms with Gasteiger partial charge in [0.2, 0.25) is 0 Å². The predicted octanol–water partition coefficient (Wildman–Crippen LogP) is -1.04. The van der Waals surface area contributed by atoms with E-state index in [0.717, 1.165) is 0 Å². The van der Waals surface area contributed by atoms with Gasteiger partial charge in [0.1, 0.15) is 6.04 Å². The summed E-state index contributed by atoms with van der Waals surface area (Å²) in [6.45, 7) is 0. The number of carbonyl (C=O) groups excluding carboxylic acids is 4. The maximum absolute atomic E-state index is 11.4. The lowest BCUT2D eigenvalue weighted by Crippen LogP contribution is -2.34. The molecule has 0 aliphatic carbocycles. The molecule has 0 bridgehead atoms. The zero-order chi connectivity index (χ0) is 18.7. The first-order valence-corrected chi connectivity index (χ1v) is 6.79. The molecule has 0 aromatic carbocycles. The van der Waals surface area contributed by atoms with Gasteiger partial charge in [-0.15, -0.1) is 0 Å². The normalized spacial score (nSPS) is 11.2. The van der Waals surface area contributed by atoms with E-state index in [4.69, 9.17) is 15.9 Å². The van der Waals surface area contributed by atoms with E-state index in [1.165, 1.54) is 0 Å². The highest BCUT2D eigenvalue weighted by molar-refractivity contribution is 5.90. The van der Waals surface area contributed by atoms with Crippen molar-refractivity contribution in [1.29, 1.82) is 0 Å². The van der Waals surface area contributed by atoms with Gasteiger partial charge >= 0.3 is 35.8 Å². The van der Waals surface area contributed by atoms with Crippen LogP contribution in [-0.2, 0) is 38.2 Å². The molecular weight excluding hydrogens is 330 g/mol. The van der Waals surface area contributed by atoms with E-state index >= 15 is 0 Å². The zero-order valence-corrected chi connectivity index (χ0v) is 12.6. The van der Waals surface area contributed by atoms with Crippen molar-refractivity contribution in [2.45, 2.75) is 44.6 Å². The molecule has 24 heavy (non-hydrogen) atoms. The molecule has 0 aliphatic rings. The van der Waals surface area contributed by atoms with E-state index in [1.807, 2.05) is 0 Å². The van der Waals surface area contributed by atoms with Crippen molar-refractivity contribution in [1.82, 2.24) is 0 Å². The Morgan fingerprint density at radius 2 is 1.12 bits per heavy atom. The van der Waals surface area contributed by atoms with Crippen LogP contribution in [0.2, 0.25) is 0 Å². The highest BCUT2D eigenvalue weighted by atomic mass is 16.6. The van der Waals surface area contributed by atoms with E-state index in [1.54, 1.807) is 0 Å². The van der Waals surface area contributed by atoms with Gasteiger partial charge < -0.3 is 25.4 Å². The number of nitrogens with two attached hydrogens (primary N) is 1. The second-order valence-electron chi connectivity index (χ2n) is 4.57. The number of carbonyl (C=O) groups is 6. The lowest BCUT2D eigenvalue weighted by molar-refractivity contribution is -0.162. The molecule has 0 saturated heterocycles. The summed E-state index contributed by atoms with van der Waals surface area (Å²) in [6, 6.07) is -1.35. The van der Waals surface area contributed by atoms with Gasteiger partial charge in [-0.3, -0.25) is 24.0 Å². The van der Waals surface area contributed by atoms with Crippen molar-refractivity contribution in [3.8, 4) is 0 Å². The second-order valence-corrected chi connectivity index (χ2v) is 4.57. The van der Waals surface area contributed by atoms with Crippen LogP contribution in [-0.4, -0.2) is 52.1 Å². The third-order valence-electron chi connectivity index (χ3n) is 2.49. The first-order chi connectivity index (χ1) is 11.1. The summed E-state index contributed by atoms with van der Waals surface area (Å²) in [5, 5.41) is 16.7. The largest absolute Gasteiger partial charge is 0.481 e. The number of esters is 4. The van der Waals surface area contributed by atoms with Crippen LogP contribution in [0.5, 0.6) is 0 Å². The van der Waals surface area contributed by atoms with Gasteiger partial charge in [-0.05, 0) is 6.42 Å². The summed E-state index contributed by atoms with van der Waals surface area (Å²) in [6.07, 6.45) is -2.70. The SMILES string of the molecule is N[C@@H](CCC(=O)OC(=O)CCC(=O)O)C(=O)OC(=O)CCC(=O)O. The van der Waals surface area contributed by atoms with Crippen LogP contribution in [0, 0.1) is 0 Å². The summed E-state index contributed by atoms with van der Waals surface area (Å²) in [4.78, 5) is 65.4. The van der Waals surface area contributed by atoms with Crippen LogP contribution in [0.3, 0.4) is 0 Å². The molecule has 0 fully saturated rings. The Morgan fingerprint density at radius 3 is 1.58 bits per heavy atom. The van der Waals surface area contributed by atoms with Crippen molar-refractivity contribution >= 4 is 35.8 Å². The molecule has 0 aliphatic heterocycles. The molecule has 0 aromatic rings. The zero-order valence-electron chi connectivity index (χ0n) is 12.6. The Morgan fingerprint density at radius 1 is 0.708 bits per heavy atom. The molecule has 0 amide bonds. The summed E-state index contributed by atoms with van der Waals surface area (Å²) in [5.74, 6) is -6.70. The summed E-state index contributed by atoms with van der Waals surface area (Å²) < 4.78 is 8.59. The van der Waals surface area contributed by atoms with E-state index in [-0.39, 0.29) is 6.42 Å². The first-order valence-electron chi connectivity index (χ1n) is 6.79. The summed E-state index contributed by atoms with van der Waals surface area (Å²) in [7, 11) is 0. The Kier molecular flexibility index (Phi) is 9.56. The Balaban J connectivity index is 4.07. The molecule has 134 valence electrons. The van der Waals surface area contributed by atoms with Crippen LogP contribution in [0.15, 0.2) is 0 Å². The molecule has 11 heteroatoms. The van der Waals surface area contributed by atoms with Gasteiger partial charge in [0, 0.05) is 6.42 Å². The molecule has 0 heterocycles. The number of rotatable bonds is 10. The van der Waals surface area contributed by atoms with Gasteiger partial charge in [-0.25, -0.2) is 4.79 Å². The molecule has 0 rings (SSSR count). The number of aliphatic carboxylic acids is 2. The van der Waals surface area contributed by atoms with Gasteiger partial charge in [0.15, 0.2) is 0 Å². The highest BCUT2D eigenvalue weighted by Crippen LogP contribution is 2.03. The molecule has 0 saturated carbocycles. The number of hydrogen-bond donors (Lipinski definition) is 3. The number of hydrogen-bond acceptors (Lipinski definition) is 9. The Hall–Kier alpha value is -2.82. The second kappa shape index (κ2) is 10.8. The van der Waals surface area contributed by atoms with Gasteiger partial charge in [-0.1, -0.05) is 0 Å². The van der Waals surface area contributed by atoms with Crippen LogP contribution in [0.1, 0.15) is 38.5 Å². The smallest absolute Gasteiger partial charge is 0.330 e. The van der Waals surface area contributed by atoms with Crippen molar-refractivity contribution in [2.24, 2.45) is 5.73 Å². The molecule has 4 N–H and O–H groups in total. The fourth-order valence-electron chi connectivity index (χ4n) is 1.28. The van der Waals surface area contributed by atoms with Crippen molar-refractivity contribution in [3.05, 3.63) is 0 Å². The average molecular weight is 347 g/mol. The standard InChI is InChI=1S/C13H17NO10/c14-7(13(22)24-12(21)6-3-9(17)18)1-4-10(19)23-11(20)5-2-8(15)16/h7H,1-6,14H2,(H,15,16)(H,17,18)/t7-/m0/s1. The Labute approximate surface area is 135 Å². The van der Waals surface area contributed by atoms with Gasteiger partial charge in [0.25, 0.3) is 0 Å². The molecule has 0 radical (unpaired) electrons. The van der Waals surface area contributed by atoms with Crippen LogP contribution in [0.4, 0.5) is 0 Å². The van der Waals surface area contributed by atoms with Crippen LogP contribution < -0.4 is 5.73 Å². The fourth-order valence-corrected chi connectivity index (χ4v) is 1.28. The minimum absolute atomic E-state index is 0.282. The van der Waals surface area contributed by atoms with Crippen LogP contribution >= 0.6 is 0 Å². The molecule has 11 nitrogen and oxygen atoms in total. The first kappa shape index (κ1) is 21.2. The number of carboxylic acids is 2. The van der Waals surface area contributed by atoms with E-state index in [9.17, 15) is 28.8 Å². The minimum atomic E-state index is -1.35. The topological polar surface area (TPSA) is 187 Å². The summed E-state index contributed by atoms with van der Waals surface area (Å²) >= 11 is 0. The van der Waals surface area contributed by atoms with Crippen molar-refractivity contribution < 1.29 is 48.5 Å². The van der Waals surface area contributed by atoms with Crippen molar-refractivity contribution in [3.63, 3.8) is 0 Å². The van der Waals surface area contributed by atoms with Crippen molar-refractivity contribution in [2.75, 3.05) is 0 Å². The maximum atomic E-state index is 11.4. The number of ether oxygens (including phenoxy) is 2. The lowest BCUT2D eigenvalue weighted by Gasteiger charge is -2.09. The molecule has 0 aromatic heterocycles. The maximum Gasteiger partial charge on any atom is 0.330 e. The van der Waals surface area contributed by atoms with Gasteiger partial charge in [0.05, 0.1) is 25.7 Å². The third kappa shape index (κ3) is 10.8. The average Bonchev–Trinajstić information content (AvgIpc) is 2.48. The monoisotopic (exact) mass is 347 g/mol. The van der Waals surface area contributed by atoms with E-state index in [0.29, 0.717) is 0 Å². The quantitative estimate of drug-likeness (QED) is 0.323. The molecule has 1 atom stereocenters. The highest BCUT2D eigenvalue weighted by Gasteiger charge is 2.21. The van der Waals surface area contributed by atoms with E-state index in [2.05, 4.69) is 9.47 Å². The Bertz CT molecular complexity index is 527. The third-order valence-corrected chi connectivity index (χ3v) is 2.49. The fraction of sp³-hybridized carbons (Fsp3) is 0.538. The van der Waals surface area contributed by atoms with Crippen LogP contribution in [0.25, 0.3) is 0 Å². The minimum Gasteiger partial charge on any atom is -0.481 e. The number of carboxylic acid groups (broad SMARTS) is 2. The summed E-state index contributed by atoms with van der Waals surface area (Å²) in [5.41, 5.74) is 5.39.